The Morgan fingerprint density at radius 2 is 1.90 bits per heavy atom. The average Bonchev–Trinajstić information content (AvgIpc) is 2.37. The van der Waals surface area contributed by atoms with E-state index in [9.17, 15) is 22.8 Å². The van der Waals surface area contributed by atoms with E-state index in [0.29, 0.717) is 0 Å². The van der Waals surface area contributed by atoms with Crippen LogP contribution in [-0.2, 0) is 19.1 Å². The Hall–Kier alpha value is -1.35. The molecule has 0 aliphatic carbocycles. The van der Waals surface area contributed by atoms with Gasteiger partial charge in [0.05, 0.1) is 31.3 Å². The number of ether oxygens (including phenoxy) is 2. The Morgan fingerprint density at radius 3 is 2.43 bits per heavy atom. The van der Waals surface area contributed by atoms with Crippen LogP contribution in [0.2, 0.25) is 0 Å². The van der Waals surface area contributed by atoms with Crippen LogP contribution in [0, 0.1) is 0 Å². The minimum atomic E-state index is -4.87. The van der Waals surface area contributed by atoms with Gasteiger partial charge in [-0.25, -0.2) is 0 Å². The Labute approximate surface area is 118 Å². The lowest BCUT2D eigenvalue weighted by Crippen LogP contribution is -2.56. The number of aliphatic carboxylic acids is 1. The predicted octanol–water partition coefficient (Wildman–Crippen LogP) is 0.800. The second-order valence-electron chi connectivity index (χ2n) is 5.33. The van der Waals surface area contributed by atoms with Gasteiger partial charge in [-0.15, -0.1) is 0 Å². The molecule has 0 radical (unpaired) electrons. The molecule has 2 heterocycles. The molecule has 0 bridgehead atoms. The summed E-state index contributed by atoms with van der Waals surface area (Å²) in [5.74, 6) is -2.87. The predicted molar refractivity (Wildman–Crippen MR) is 62.5 cm³/mol. The summed E-state index contributed by atoms with van der Waals surface area (Å²) in [4.78, 5) is 22.6. The molecule has 1 unspecified atom stereocenters. The third-order valence-corrected chi connectivity index (χ3v) is 3.69. The van der Waals surface area contributed by atoms with E-state index in [1.807, 2.05) is 0 Å². The van der Waals surface area contributed by atoms with Crippen LogP contribution in [0.3, 0.4) is 0 Å². The molecule has 2 rings (SSSR count). The fourth-order valence-electron chi connectivity index (χ4n) is 2.65. The van der Waals surface area contributed by atoms with Gasteiger partial charge < -0.3 is 19.5 Å². The van der Waals surface area contributed by atoms with Crippen molar-refractivity contribution in [2.75, 3.05) is 26.3 Å². The largest absolute Gasteiger partial charge is 0.481 e. The number of hydrogen-bond acceptors (Lipinski definition) is 4. The molecule has 1 amide bonds. The molecular weight excluding hydrogens is 295 g/mol. The minimum Gasteiger partial charge on any atom is -0.481 e. The van der Waals surface area contributed by atoms with Crippen molar-refractivity contribution in [1.29, 1.82) is 0 Å². The molecule has 2 aliphatic heterocycles. The van der Waals surface area contributed by atoms with Gasteiger partial charge in [-0.1, -0.05) is 0 Å². The van der Waals surface area contributed by atoms with Gasteiger partial charge in [0.2, 0.25) is 0 Å². The maximum Gasteiger partial charge on any atom is 0.471 e. The van der Waals surface area contributed by atoms with E-state index in [1.165, 1.54) is 0 Å². The molecule has 120 valence electrons. The maximum atomic E-state index is 12.4. The van der Waals surface area contributed by atoms with Crippen molar-refractivity contribution in [3.63, 3.8) is 0 Å². The summed E-state index contributed by atoms with van der Waals surface area (Å²) >= 11 is 0. The summed E-state index contributed by atoms with van der Waals surface area (Å²) in [5, 5.41) is 8.74. The second kappa shape index (κ2) is 5.80. The lowest BCUT2D eigenvalue weighted by molar-refractivity contribution is -0.222. The number of amides is 1. The number of alkyl halides is 3. The first-order chi connectivity index (χ1) is 9.72. The highest BCUT2D eigenvalue weighted by molar-refractivity contribution is 5.81. The Bertz CT molecular complexity index is 418. The van der Waals surface area contributed by atoms with Crippen LogP contribution in [-0.4, -0.2) is 66.1 Å². The number of carboxylic acid groups (broad SMARTS) is 1. The highest BCUT2D eigenvalue weighted by Crippen LogP contribution is 2.33. The van der Waals surface area contributed by atoms with Gasteiger partial charge in [-0.05, 0) is 12.8 Å². The van der Waals surface area contributed by atoms with Crippen LogP contribution < -0.4 is 0 Å². The van der Waals surface area contributed by atoms with Gasteiger partial charge in [-0.2, -0.15) is 13.2 Å². The molecule has 6 nitrogen and oxygen atoms in total. The van der Waals surface area contributed by atoms with Crippen molar-refractivity contribution in [1.82, 2.24) is 4.90 Å². The van der Waals surface area contributed by atoms with Crippen molar-refractivity contribution < 1.29 is 37.3 Å². The molecule has 0 aromatic carbocycles. The normalized spacial score (nSPS) is 25.9. The quantitative estimate of drug-likeness (QED) is 0.816. The van der Waals surface area contributed by atoms with Gasteiger partial charge in [0, 0.05) is 13.1 Å². The highest BCUT2D eigenvalue weighted by atomic mass is 19.4. The topological polar surface area (TPSA) is 76.1 Å². The van der Waals surface area contributed by atoms with E-state index in [-0.39, 0.29) is 45.6 Å². The first-order valence-electron chi connectivity index (χ1n) is 6.55. The monoisotopic (exact) mass is 311 g/mol. The molecular formula is C12H16F3NO5. The first kappa shape index (κ1) is 16.0. The van der Waals surface area contributed by atoms with Gasteiger partial charge in [0.25, 0.3) is 0 Å². The number of piperidine rings is 1. The molecule has 21 heavy (non-hydrogen) atoms. The van der Waals surface area contributed by atoms with E-state index in [4.69, 9.17) is 14.6 Å². The number of carbonyl (C=O) groups is 2. The van der Waals surface area contributed by atoms with Crippen molar-refractivity contribution in [2.24, 2.45) is 0 Å². The zero-order valence-electron chi connectivity index (χ0n) is 11.2. The lowest BCUT2D eigenvalue weighted by Gasteiger charge is -2.45. The SMILES string of the molecule is O=C(O)CC1COCC2(CCN(C(=O)C(F)(F)F)CC2)O1. The zero-order chi connectivity index (χ0) is 15.7. The van der Waals surface area contributed by atoms with Gasteiger partial charge in [-0.3, -0.25) is 9.59 Å². The fourth-order valence-corrected chi connectivity index (χ4v) is 2.65. The third-order valence-electron chi connectivity index (χ3n) is 3.69. The molecule has 0 aromatic heterocycles. The molecule has 2 aliphatic rings. The van der Waals surface area contributed by atoms with E-state index in [2.05, 4.69) is 0 Å². The average molecular weight is 311 g/mol. The van der Waals surface area contributed by atoms with Gasteiger partial charge in [0.15, 0.2) is 0 Å². The van der Waals surface area contributed by atoms with Crippen LogP contribution in [0.15, 0.2) is 0 Å². The molecule has 2 saturated heterocycles. The third kappa shape index (κ3) is 3.85. The molecule has 1 spiro atoms. The molecule has 2 fully saturated rings. The number of carbonyl (C=O) groups excluding carboxylic acids is 1. The van der Waals surface area contributed by atoms with Gasteiger partial charge in [0.1, 0.15) is 0 Å². The van der Waals surface area contributed by atoms with Crippen molar-refractivity contribution in [3.8, 4) is 0 Å². The minimum absolute atomic E-state index is 0.0819. The lowest BCUT2D eigenvalue weighted by atomic mass is 9.90. The maximum absolute atomic E-state index is 12.4. The summed E-state index contributed by atoms with van der Waals surface area (Å²) in [7, 11) is 0. The van der Waals surface area contributed by atoms with E-state index < -0.39 is 29.8 Å². The van der Waals surface area contributed by atoms with Crippen LogP contribution in [0.25, 0.3) is 0 Å². The zero-order valence-corrected chi connectivity index (χ0v) is 11.2. The van der Waals surface area contributed by atoms with E-state index in [0.717, 1.165) is 4.90 Å². The molecule has 0 aromatic rings. The molecule has 1 atom stereocenters. The molecule has 1 N–H and O–H groups in total. The Morgan fingerprint density at radius 1 is 1.29 bits per heavy atom. The standard InChI is InChI=1S/C12H16F3NO5/c13-12(14,15)10(19)16-3-1-11(2-4-16)7-20-6-8(21-11)5-9(17)18/h8H,1-7H2,(H,17,18). The van der Waals surface area contributed by atoms with E-state index >= 15 is 0 Å². The van der Waals surface area contributed by atoms with Crippen LogP contribution in [0.5, 0.6) is 0 Å². The number of nitrogens with zero attached hydrogens (tertiary/aromatic N) is 1. The number of rotatable bonds is 2. The van der Waals surface area contributed by atoms with E-state index in [1.54, 1.807) is 0 Å². The number of carboxylic acids is 1. The van der Waals surface area contributed by atoms with Crippen molar-refractivity contribution >= 4 is 11.9 Å². The van der Waals surface area contributed by atoms with Crippen LogP contribution in [0.1, 0.15) is 19.3 Å². The van der Waals surface area contributed by atoms with Crippen LogP contribution >= 0.6 is 0 Å². The summed E-state index contributed by atoms with van der Waals surface area (Å²) in [6.07, 6.45) is -5.30. The summed E-state index contributed by atoms with van der Waals surface area (Å²) < 4.78 is 48.1. The number of likely N-dealkylation sites (tertiary alicyclic amines) is 1. The van der Waals surface area contributed by atoms with Crippen molar-refractivity contribution in [3.05, 3.63) is 0 Å². The summed E-state index contributed by atoms with van der Waals surface area (Å²) in [5.41, 5.74) is -0.791. The first-order valence-corrected chi connectivity index (χ1v) is 6.55. The van der Waals surface area contributed by atoms with Crippen molar-refractivity contribution in [2.45, 2.75) is 37.1 Å². The summed E-state index contributed by atoms with van der Waals surface area (Å²) in [6, 6.07) is 0. The Balaban J connectivity index is 1.93. The van der Waals surface area contributed by atoms with Crippen LogP contribution in [0.4, 0.5) is 13.2 Å². The molecule has 0 saturated carbocycles. The smallest absolute Gasteiger partial charge is 0.471 e. The Kier molecular flexibility index (Phi) is 4.43. The fraction of sp³-hybridized carbons (Fsp3) is 0.833. The second-order valence-corrected chi connectivity index (χ2v) is 5.33. The number of halogens is 3. The number of hydrogen-bond donors (Lipinski definition) is 1. The highest BCUT2D eigenvalue weighted by Gasteiger charge is 2.47. The van der Waals surface area contributed by atoms with Gasteiger partial charge >= 0.3 is 18.1 Å². The molecule has 9 heteroatoms. The summed E-state index contributed by atoms with van der Waals surface area (Å²) in [6.45, 7) is 0.194.